The Morgan fingerprint density at radius 1 is 1.10 bits per heavy atom. The third kappa shape index (κ3) is 2.07. The molecular formula is C10H12N10. The molecule has 20 heavy (non-hydrogen) atoms. The summed E-state index contributed by atoms with van der Waals surface area (Å²) in [6.45, 7) is 3.61. The van der Waals surface area contributed by atoms with Crippen LogP contribution in [0.3, 0.4) is 0 Å². The number of nitrogens with one attached hydrogen (secondary N) is 1. The molecule has 0 saturated carbocycles. The van der Waals surface area contributed by atoms with Crippen molar-refractivity contribution in [2.24, 2.45) is 5.84 Å². The molecule has 3 N–H and O–H groups in total. The van der Waals surface area contributed by atoms with E-state index in [1.54, 1.807) is 30.2 Å². The van der Waals surface area contributed by atoms with Gasteiger partial charge in [0.05, 0.1) is 0 Å². The van der Waals surface area contributed by atoms with E-state index in [4.69, 9.17) is 5.84 Å². The number of anilines is 1. The Balaban J connectivity index is 2.16. The van der Waals surface area contributed by atoms with E-state index in [1.807, 2.05) is 6.92 Å². The summed E-state index contributed by atoms with van der Waals surface area (Å²) in [7, 11) is 0. The Labute approximate surface area is 113 Å². The van der Waals surface area contributed by atoms with E-state index < -0.39 is 0 Å². The smallest absolute Gasteiger partial charge is 0.259 e. The number of rotatable bonds is 3. The molecule has 0 saturated heterocycles. The van der Waals surface area contributed by atoms with Gasteiger partial charge in [-0.1, -0.05) is 0 Å². The van der Waals surface area contributed by atoms with E-state index in [2.05, 4.69) is 35.4 Å². The second kappa shape index (κ2) is 4.66. The Kier molecular flexibility index (Phi) is 2.84. The number of nitrogens with zero attached hydrogens (tertiary/aromatic N) is 8. The van der Waals surface area contributed by atoms with Crippen LogP contribution in [0.1, 0.15) is 11.6 Å². The zero-order chi connectivity index (χ0) is 14.1. The molecule has 0 radical (unpaired) electrons. The monoisotopic (exact) mass is 272 g/mol. The maximum atomic E-state index is 5.39. The summed E-state index contributed by atoms with van der Waals surface area (Å²) in [5.74, 6) is 7.64. The fourth-order valence-electron chi connectivity index (χ4n) is 1.72. The predicted molar refractivity (Wildman–Crippen MR) is 69.2 cm³/mol. The van der Waals surface area contributed by atoms with Gasteiger partial charge < -0.3 is 0 Å². The van der Waals surface area contributed by atoms with Gasteiger partial charge in [-0.05, 0) is 13.8 Å². The van der Waals surface area contributed by atoms with Gasteiger partial charge in [-0.2, -0.15) is 19.6 Å². The van der Waals surface area contributed by atoms with Crippen LogP contribution < -0.4 is 11.3 Å². The van der Waals surface area contributed by atoms with Gasteiger partial charge >= 0.3 is 0 Å². The maximum absolute atomic E-state index is 5.39. The van der Waals surface area contributed by atoms with Crippen LogP contribution in [-0.2, 0) is 0 Å². The minimum absolute atomic E-state index is 0.228. The maximum Gasteiger partial charge on any atom is 0.259 e. The van der Waals surface area contributed by atoms with Crippen molar-refractivity contribution in [3.05, 3.63) is 30.4 Å². The molecule has 0 aliphatic heterocycles. The zero-order valence-electron chi connectivity index (χ0n) is 10.9. The van der Waals surface area contributed by atoms with Crippen LogP contribution in [0.5, 0.6) is 0 Å². The third-order valence-electron chi connectivity index (χ3n) is 2.54. The molecule has 3 heterocycles. The molecule has 0 spiro atoms. The molecule has 10 nitrogen and oxygen atoms in total. The zero-order valence-corrected chi connectivity index (χ0v) is 10.9. The number of hydrogen-bond donors (Lipinski definition) is 2. The molecule has 0 amide bonds. The fourth-order valence-corrected chi connectivity index (χ4v) is 1.72. The first-order chi connectivity index (χ1) is 9.67. The average molecular weight is 272 g/mol. The molecule has 0 aromatic carbocycles. The number of aromatic nitrogens is 8. The summed E-state index contributed by atoms with van der Waals surface area (Å²) in [5, 5.41) is 4.24. The molecule has 0 atom stereocenters. The van der Waals surface area contributed by atoms with Crippen LogP contribution in [0.2, 0.25) is 0 Å². The number of imidazole rings is 1. The highest BCUT2D eigenvalue weighted by Crippen LogP contribution is 2.09. The van der Waals surface area contributed by atoms with E-state index in [0.717, 1.165) is 0 Å². The minimum atomic E-state index is 0.228. The van der Waals surface area contributed by atoms with Gasteiger partial charge in [0.2, 0.25) is 11.9 Å². The van der Waals surface area contributed by atoms with Crippen LogP contribution in [0.25, 0.3) is 11.9 Å². The highest BCUT2D eigenvalue weighted by molar-refractivity contribution is 5.31. The number of nitrogens with two attached hydrogens (primary N) is 1. The van der Waals surface area contributed by atoms with Crippen molar-refractivity contribution in [3.63, 3.8) is 0 Å². The SMILES string of the molecule is Cc1nc(C)n(-c2nc(NN)nc(-n3ccnc3)n2)n1. The van der Waals surface area contributed by atoms with Gasteiger partial charge in [-0.25, -0.2) is 15.8 Å². The Bertz CT molecular complexity index is 729. The molecular weight excluding hydrogens is 260 g/mol. The average Bonchev–Trinajstić information content (AvgIpc) is 3.08. The van der Waals surface area contributed by atoms with Crippen LogP contribution in [0.4, 0.5) is 5.95 Å². The molecule has 3 aromatic heterocycles. The summed E-state index contributed by atoms with van der Waals surface area (Å²) in [4.78, 5) is 20.8. The minimum Gasteiger partial charge on any atom is -0.292 e. The number of hydrogen-bond acceptors (Lipinski definition) is 8. The highest BCUT2D eigenvalue weighted by atomic mass is 15.4. The largest absolute Gasteiger partial charge is 0.292 e. The van der Waals surface area contributed by atoms with Crippen molar-refractivity contribution in [2.45, 2.75) is 13.8 Å². The normalized spacial score (nSPS) is 10.8. The van der Waals surface area contributed by atoms with E-state index in [9.17, 15) is 0 Å². The van der Waals surface area contributed by atoms with Gasteiger partial charge in [0.1, 0.15) is 18.0 Å². The molecule has 0 aliphatic carbocycles. The first kappa shape index (κ1) is 12.2. The summed E-state index contributed by atoms with van der Waals surface area (Å²) in [5.41, 5.74) is 2.41. The quantitative estimate of drug-likeness (QED) is 0.484. The fraction of sp³-hybridized carbons (Fsp3) is 0.200. The summed E-state index contributed by atoms with van der Waals surface area (Å²) >= 11 is 0. The number of aryl methyl sites for hydroxylation is 2. The van der Waals surface area contributed by atoms with Crippen LogP contribution in [0, 0.1) is 13.8 Å². The predicted octanol–water partition coefficient (Wildman–Crippen LogP) is -0.460. The number of hydrazine groups is 1. The first-order valence-corrected chi connectivity index (χ1v) is 5.79. The molecule has 3 rings (SSSR count). The summed E-state index contributed by atoms with van der Waals surface area (Å²) < 4.78 is 3.17. The standard InChI is InChI=1S/C10H12N10/c1-6-13-7(2)20(18-6)10-15-8(17-11)14-9(16-10)19-4-3-12-5-19/h3-5H,11H2,1-2H3,(H,14,15,16,17). The van der Waals surface area contributed by atoms with Gasteiger partial charge in [0.25, 0.3) is 5.95 Å². The van der Waals surface area contributed by atoms with E-state index in [1.165, 1.54) is 4.68 Å². The van der Waals surface area contributed by atoms with Crippen LogP contribution in [-0.4, -0.2) is 39.3 Å². The van der Waals surface area contributed by atoms with Crippen molar-refractivity contribution >= 4 is 5.95 Å². The van der Waals surface area contributed by atoms with Gasteiger partial charge in [0, 0.05) is 12.4 Å². The van der Waals surface area contributed by atoms with Gasteiger partial charge in [-0.3, -0.25) is 9.99 Å². The van der Waals surface area contributed by atoms with E-state index in [-0.39, 0.29) is 5.95 Å². The second-order valence-corrected chi connectivity index (χ2v) is 3.99. The Hall–Kier alpha value is -2.88. The topological polar surface area (TPSA) is 125 Å². The van der Waals surface area contributed by atoms with Gasteiger partial charge in [0.15, 0.2) is 0 Å². The molecule has 0 aliphatic rings. The molecule has 3 aromatic rings. The van der Waals surface area contributed by atoms with Crippen molar-refractivity contribution < 1.29 is 0 Å². The first-order valence-electron chi connectivity index (χ1n) is 5.79. The van der Waals surface area contributed by atoms with Gasteiger partial charge in [-0.15, -0.1) is 5.10 Å². The lowest BCUT2D eigenvalue weighted by Crippen LogP contribution is -2.16. The van der Waals surface area contributed by atoms with E-state index >= 15 is 0 Å². The molecule has 0 bridgehead atoms. The molecule has 0 unspecified atom stereocenters. The third-order valence-corrected chi connectivity index (χ3v) is 2.54. The lowest BCUT2D eigenvalue weighted by Gasteiger charge is -2.07. The van der Waals surface area contributed by atoms with Crippen molar-refractivity contribution in [1.29, 1.82) is 0 Å². The van der Waals surface area contributed by atoms with Crippen molar-refractivity contribution in [1.82, 2.24) is 39.3 Å². The molecule has 0 fully saturated rings. The summed E-state index contributed by atoms with van der Waals surface area (Å²) in [6.07, 6.45) is 4.93. The summed E-state index contributed by atoms with van der Waals surface area (Å²) in [6, 6.07) is 0. The van der Waals surface area contributed by atoms with Crippen molar-refractivity contribution in [2.75, 3.05) is 5.43 Å². The lowest BCUT2D eigenvalue weighted by molar-refractivity contribution is 0.748. The van der Waals surface area contributed by atoms with Crippen LogP contribution in [0.15, 0.2) is 18.7 Å². The lowest BCUT2D eigenvalue weighted by atomic mass is 10.7. The highest BCUT2D eigenvalue weighted by Gasteiger charge is 2.12. The molecule has 102 valence electrons. The van der Waals surface area contributed by atoms with Crippen molar-refractivity contribution in [3.8, 4) is 11.9 Å². The molecule has 10 heteroatoms. The van der Waals surface area contributed by atoms with E-state index in [0.29, 0.717) is 23.5 Å². The Morgan fingerprint density at radius 3 is 2.50 bits per heavy atom. The van der Waals surface area contributed by atoms with Crippen LogP contribution >= 0.6 is 0 Å². The second-order valence-electron chi connectivity index (χ2n) is 3.99. The number of nitrogen functional groups attached to an aromatic ring is 1. The Morgan fingerprint density at radius 2 is 1.90 bits per heavy atom.